The van der Waals surface area contributed by atoms with Crippen LogP contribution in [0.4, 0.5) is 5.69 Å². The van der Waals surface area contributed by atoms with Gasteiger partial charge in [0.2, 0.25) is 0 Å². The number of methoxy groups -OCH3 is 1. The molecule has 0 atom stereocenters. The van der Waals surface area contributed by atoms with Crippen LogP contribution in [0.2, 0.25) is 0 Å². The zero-order chi connectivity index (χ0) is 25.2. The normalized spacial score (nSPS) is 10.6. The fraction of sp³-hybridized carbons (Fsp3) is 0.250. The van der Waals surface area contributed by atoms with E-state index in [2.05, 4.69) is 79.4 Å². The highest BCUT2D eigenvalue weighted by Crippen LogP contribution is 2.36. The quantitative estimate of drug-likeness (QED) is 0.250. The third kappa shape index (κ3) is 5.01. The molecule has 0 aliphatic rings. The van der Waals surface area contributed by atoms with Crippen LogP contribution in [-0.2, 0) is 19.9 Å². The fourth-order valence-corrected chi connectivity index (χ4v) is 4.71. The lowest BCUT2D eigenvalue weighted by Crippen LogP contribution is -2.08. The molecule has 0 fully saturated rings. The second-order valence-electron chi connectivity index (χ2n) is 9.19. The minimum Gasteiger partial charge on any atom is -0.496 e. The predicted octanol–water partition coefficient (Wildman–Crippen LogP) is 6.66. The molecule has 2 heterocycles. The molecule has 0 amide bonds. The highest BCUT2D eigenvalue weighted by Gasteiger charge is 2.17. The van der Waals surface area contributed by atoms with Crippen LogP contribution in [0.5, 0.6) is 5.75 Å². The van der Waals surface area contributed by atoms with Gasteiger partial charge in [0.25, 0.3) is 0 Å². The van der Waals surface area contributed by atoms with E-state index in [0.717, 1.165) is 62.8 Å². The molecule has 0 bridgehead atoms. The lowest BCUT2D eigenvalue weighted by Gasteiger charge is -2.14. The Labute approximate surface area is 219 Å². The van der Waals surface area contributed by atoms with E-state index in [1.54, 1.807) is 7.11 Å². The summed E-state index contributed by atoms with van der Waals surface area (Å²) < 4.78 is 7.70. The van der Waals surface area contributed by atoms with Crippen molar-refractivity contribution in [3.8, 4) is 28.8 Å². The minimum absolute atomic E-state index is 0. The summed E-state index contributed by atoms with van der Waals surface area (Å²) in [7, 11) is 7.84. The molecule has 37 heavy (non-hydrogen) atoms. The number of aryl methyl sites for hydroxylation is 3. The van der Waals surface area contributed by atoms with Gasteiger partial charge in [-0.15, -0.1) is 5.92 Å². The SMILES string of the molecule is C.CC#Cc1ccc(-c2nn(C)c3cnc4cc(OC)c(CCc5cccc(N(C)C)c5)cc4c23)cc1. The van der Waals surface area contributed by atoms with Crippen molar-refractivity contribution in [1.29, 1.82) is 0 Å². The Morgan fingerprint density at radius 3 is 2.49 bits per heavy atom. The fourth-order valence-electron chi connectivity index (χ4n) is 4.71. The van der Waals surface area contributed by atoms with Gasteiger partial charge in [0.05, 0.1) is 24.3 Å². The molecule has 5 nitrogen and oxygen atoms in total. The van der Waals surface area contributed by atoms with Crippen molar-refractivity contribution in [2.45, 2.75) is 27.2 Å². The number of aromatic nitrogens is 3. The van der Waals surface area contributed by atoms with Crippen molar-refractivity contribution < 1.29 is 4.74 Å². The van der Waals surface area contributed by atoms with Crippen molar-refractivity contribution in [2.75, 3.05) is 26.1 Å². The molecular weight excluding hydrogens is 456 g/mol. The van der Waals surface area contributed by atoms with Gasteiger partial charge in [-0.25, -0.2) is 0 Å². The Morgan fingerprint density at radius 2 is 1.78 bits per heavy atom. The van der Waals surface area contributed by atoms with E-state index in [9.17, 15) is 0 Å². The Hall–Kier alpha value is -4.30. The van der Waals surface area contributed by atoms with Gasteiger partial charge in [-0.05, 0) is 61.2 Å². The summed E-state index contributed by atoms with van der Waals surface area (Å²) in [4.78, 5) is 6.88. The van der Waals surface area contributed by atoms with Gasteiger partial charge in [0.1, 0.15) is 11.4 Å². The van der Waals surface area contributed by atoms with Crippen molar-refractivity contribution in [2.24, 2.45) is 7.05 Å². The van der Waals surface area contributed by atoms with Crippen LogP contribution in [0.25, 0.3) is 33.1 Å². The highest BCUT2D eigenvalue weighted by atomic mass is 16.5. The van der Waals surface area contributed by atoms with Crippen LogP contribution in [0.1, 0.15) is 31.0 Å². The van der Waals surface area contributed by atoms with E-state index < -0.39 is 0 Å². The van der Waals surface area contributed by atoms with Crippen molar-refractivity contribution in [1.82, 2.24) is 14.8 Å². The Balaban J connectivity index is 0.00000320. The molecule has 0 saturated carbocycles. The minimum atomic E-state index is 0. The number of rotatable bonds is 6. The van der Waals surface area contributed by atoms with E-state index in [1.165, 1.54) is 11.3 Å². The average Bonchev–Trinajstić information content (AvgIpc) is 3.24. The molecule has 0 spiro atoms. The molecule has 5 heteroatoms. The maximum atomic E-state index is 5.79. The lowest BCUT2D eigenvalue weighted by atomic mass is 9.98. The zero-order valence-electron chi connectivity index (χ0n) is 21.5. The summed E-state index contributed by atoms with van der Waals surface area (Å²) in [5, 5.41) is 7.08. The second kappa shape index (κ2) is 10.8. The molecule has 188 valence electrons. The van der Waals surface area contributed by atoms with Gasteiger partial charge < -0.3 is 9.64 Å². The number of fused-ring (bicyclic) bond motifs is 3. The molecule has 0 saturated heterocycles. The third-order valence-electron chi connectivity index (χ3n) is 6.62. The molecule has 0 N–H and O–H groups in total. The summed E-state index contributed by atoms with van der Waals surface area (Å²) >= 11 is 0. The molecule has 5 aromatic rings. The number of hydrogen-bond acceptors (Lipinski definition) is 4. The van der Waals surface area contributed by atoms with Crippen LogP contribution in [0.15, 0.2) is 66.9 Å². The molecular formula is C32H34N4O. The van der Waals surface area contributed by atoms with Gasteiger partial charge in [0.15, 0.2) is 0 Å². The van der Waals surface area contributed by atoms with Crippen molar-refractivity contribution in [3.63, 3.8) is 0 Å². The molecule has 0 aliphatic heterocycles. The van der Waals surface area contributed by atoms with E-state index in [-0.39, 0.29) is 7.43 Å². The second-order valence-corrected chi connectivity index (χ2v) is 9.19. The molecule has 3 aromatic carbocycles. The summed E-state index contributed by atoms with van der Waals surface area (Å²) in [6.07, 6.45) is 3.69. The molecule has 0 aliphatic carbocycles. The highest BCUT2D eigenvalue weighted by molar-refractivity contribution is 6.11. The topological polar surface area (TPSA) is 43.2 Å². The first-order valence-electron chi connectivity index (χ1n) is 12.1. The van der Waals surface area contributed by atoms with E-state index >= 15 is 0 Å². The Morgan fingerprint density at radius 1 is 1.00 bits per heavy atom. The first-order chi connectivity index (χ1) is 17.5. The summed E-state index contributed by atoms with van der Waals surface area (Å²) in [5.41, 5.74) is 8.59. The number of nitrogens with zero attached hydrogens (tertiary/aromatic N) is 4. The van der Waals surface area contributed by atoms with Crippen molar-refractivity contribution >= 4 is 27.5 Å². The maximum absolute atomic E-state index is 5.79. The molecule has 5 rings (SSSR count). The van der Waals surface area contributed by atoms with Crippen LogP contribution >= 0.6 is 0 Å². The average molecular weight is 491 g/mol. The van der Waals surface area contributed by atoms with Crippen LogP contribution in [0, 0.1) is 11.8 Å². The Kier molecular flexibility index (Phi) is 7.50. The van der Waals surface area contributed by atoms with E-state index in [4.69, 9.17) is 14.8 Å². The zero-order valence-corrected chi connectivity index (χ0v) is 21.5. The summed E-state index contributed by atoms with van der Waals surface area (Å²) in [5.74, 6) is 6.94. The lowest BCUT2D eigenvalue weighted by molar-refractivity contribution is 0.410. The van der Waals surface area contributed by atoms with Gasteiger partial charge in [-0.1, -0.05) is 37.6 Å². The monoisotopic (exact) mass is 490 g/mol. The number of ether oxygens (including phenoxy) is 1. The third-order valence-corrected chi connectivity index (χ3v) is 6.62. The number of anilines is 1. The first-order valence-corrected chi connectivity index (χ1v) is 12.1. The van der Waals surface area contributed by atoms with Gasteiger partial charge in [0, 0.05) is 54.8 Å². The van der Waals surface area contributed by atoms with Crippen LogP contribution in [-0.4, -0.2) is 36.0 Å². The molecule has 2 aromatic heterocycles. The number of benzene rings is 3. The standard InChI is InChI=1S/C31H30N4O.CH4/c1-6-8-21-11-14-23(15-12-21)31-30-26-18-24(16-13-22-9-7-10-25(17-22)34(2)3)29(36-5)19-27(26)32-20-28(30)35(4)33-31;/h7,9-12,14-15,17-20H,13,16H2,1-5H3;1H4. The summed E-state index contributed by atoms with van der Waals surface area (Å²) in [6.45, 7) is 1.85. The first kappa shape index (κ1) is 25.8. The van der Waals surface area contributed by atoms with E-state index in [0.29, 0.717) is 0 Å². The predicted molar refractivity (Wildman–Crippen MR) is 155 cm³/mol. The van der Waals surface area contributed by atoms with Crippen LogP contribution < -0.4 is 9.64 Å². The molecule has 0 radical (unpaired) electrons. The van der Waals surface area contributed by atoms with Crippen molar-refractivity contribution in [3.05, 3.63) is 83.6 Å². The van der Waals surface area contributed by atoms with Gasteiger partial charge in [-0.2, -0.15) is 5.10 Å². The maximum Gasteiger partial charge on any atom is 0.124 e. The van der Waals surface area contributed by atoms with Gasteiger partial charge in [-0.3, -0.25) is 9.67 Å². The largest absolute Gasteiger partial charge is 0.496 e. The van der Waals surface area contributed by atoms with E-state index in [1.807, 2.05) is 37.0 Å². The van der Waals surface area contributed by atoms with Crippen LogP contribution in [0.3, 0.4) is 0 Å². The van der Waals surface area contributed by atoms with Gasteiger partial charge >= 0.3 is 0 Å². The number of pyridine rings is 1. The summed E-state index contributed by atoms with van der Waals surface area (Å²) in [6, 6.07) is 21.3. The smallest absolute Gasteiger partial charge is 0.124 e. The Bertz CT molecular complexity index is 1620. The molecule has 0 unspecified atom stereocenters. The number of hydrogen-bond donors (Lipinski definition) is 0.